The third kappa shape index (κ3) is 7.07. The predicted molar refractivity (Wildman–Crippen MR) is 121 cm³/mol. The lowest BCUT2D eigenvalue weighted by Gasteiger charge is -2.32. The summed E-state index contributed by atoms with van der Waals surface area (Å²) in [5.41, 5.74) is 0.0284. The highest BCUT2D eigenvalue weighted by Crippen LogP contribution is 2.39. The van der Waals surface area contributed by atoms with Gasteiger partial charge >= 0.3 is 17.9 Å². The SMILES string of the molecule is CCOC(=O)c1cc(OCCOC)c(OCCOC)cc1N1COCC(C(=O)OC)=C1C(=O)OC. The zero-order valence-corrected chi connectivity index (χ0v) is 20.5. The van der Waals surface area contributed by atoms with Crippen molar-refractivity contribution in [1.82, 2.24) is 0 Å². The van der Waals surface area contributed by atoms with Crippen LogP contribution < -0.4 is 14.4 Å². The van der Waals surface area contributed by atoms with Gasteiger partial charge in [-0.1, -0.05) is 0 Å². The lowest BCUT2D eigenvalue weighted by Crippen LogP contribution is -2.39. The quantitative estimate of drug-likeness (QED) is 0.221. The minimum absolute atomic E-state index is 0.0504. The molecule has 2 rings (SSSR count). The van der Waals surface area contributed by atoms with Crippen LogP contribution in [0.1, 0.15) is 17.3 Å². The van der Waals surface area contributed by atoms with Gasteiger partial charge in [-0.2, -0.15) is 0 Å². The van der Waals surface area contributed by atoms with Crippen molar-refractivity contribution in [3.63, 3.8) is 0 Å². The molecule has 1 aliphatic rings. The monoisotopic (exact) mass is 497 g/mol. The van der Waals surface area contributed by atoms with Gasteiger partial charge in [0.15, 0.2) is 11.5 Å². The van der Waals surface area contributed by atoms with Crippen LogP contribution in [0, 0.1) is 0 Å². The highest BCUT2D eigenvalue weighted by molar-refractivity contribution is 6.05. The second-order valence-corrected chi connectivity index (χ2v) is 6.94. The molecule has 0 radical (unpaired) electrons. The van der Waals surface area contributed by atoms with E-state index in [9.17, 15) is 14.4 Å². The molecular formula is C23H31NO11. The van der Waals surface area contributed by atoms with Gasteiger partial charge < -0.3 is 42.8 Å². The molecule has 0 saturated heterocycles. The molecule has 0 saturated carbocycles. The Morgan fingerprint density at radius 1 is 0.857 bits per heavy atom. The standard InChI is InChI=1S/C23H31NO11/c1-6-33-22(26)15-11-18(34-9-7-28-2)19(35-10-8-29-3)12-17(15)24-14-32-13-16(21(25)30-4)20(24)23(27)31-5/h11-12H,6-10,13-14H2,1-5H3. The molecule has 1 heterocycles. The Balaban J connectivity index is 2.71. The zero-order valence-electron chi connectivity index (χ0n) is 20.5. The third-order valence-electron chi connectivity index (χ3n) is 4.77. The van der Waals surface area contributed by atoms with E-state index in [1.165, 1.54) is 45.5 Å². The minimum atomic E-state index is -0.814. The number of nitrogens with zero attached hydrogens (tertiary/aromatic N) is 1. The topological polar surface area (TPSA) is 128 Å². The fourth-order valence-corrected chi connectivity index (χ4v) is 3.17. The summed E-state index contributed by atoms with van der Waals surface area (Å²) in [4.78, 5) is 39.4. The van der Waals surface area contributed by atoms with E-state index < -0.39 is 17.9 Å². The number of anilines is 1. The first kappa shape index (κ1) is 27.9. The molecule has 194 valence electrons. The number of ether oxygens (including phenoxy) is 8. The Labute approximate surface area is 203 Å². The molecule has 0 N–H and O–H groups in total. The largest absolute Gasteiger partial charge is 0.487 e. The molecule has 12 nitrogen and oxygen atoms in total. The lowest BCUT2D eigenvalue weighted by molar-refractivity contribution is -0.140. The molecule has 0 aromatic heterocycles. The average Bonchev–Trinajstić information content (AvgIpc) is 2.88. The van der Waals surface area contributed by atoms with Crippen LogP contribution in [-0.2, 0) is 38.0 Å². The molecule has 0 unspecified atom stereocenters. The van der Waals surface area contributed by atoms with E-state index in [2.05, 4.69) is 0 Å². The van der Waals surface area contributed by atoms with Crippen molar-refractivity contribution in [1.29, 1.82) is 0 Å². The van der Waals surface area contributed by atoms with Crippen molar-refractivity contribution in [2.45, 2.75) is 6.92 Å². The summed E-state index contributed by atoms with van der Waals surface area (Å²) in [5, 5.41) is 0. The number of hydrogen-bond acceptors (Lipinski definition) is 12. The van der Waals surface area contributed by atoms with E-state index in [0.717, 1.165) is 0 Å². The van der Waals surface area contributed by atoms with Gasteiger partial charge in [0.25, 0.3) is 0 Å². The smallest absolute Gasteiger partial charge is 0.355 e. The van der Waals surface area contributed by atoms with Crippen LogP contribution in [0.25, 0.3) is 0 Å². The van der Waals surface area contributed by atoms with Crippen molar-refractivity contribution < 1.29 is 52.3 Å². The van der Waals surface area contributed by atoms with Gasteiger partial charge in [0.2, 0.25) is 0 Å². The maximum Gasteiger partial charge on any atom is 0.355 e. The number of carbonyl (C=O) groups excluding carboxylic acids is 3. The first-order valence-electron chi connectivity index (χ1n) is 10.8. The predicted octanol–water partition coefficient (Wildman–Crippen LogP) is 1.31. The number of esters is 3. The second-order valence-electron chi connectivity index (χ2n) is 6.94. The van der Waals surface area contributed by atoms with Crippen LogP contribution in [0.5, 0.6) is 11.5 Å². The highest BCUT2D eigenvalue weighted by Gasteiger charge is 2.35. The van der Waals surface area contributed by atoms with Crippen LogP contribution in [0.2, 0.25) is 0 Å². The minimum Gasteiger partial charge on any atom is -0.487 e. The Hall–Kier alpha value is -3.35. The molecule has 1 aliphatic heterocycles. The van der Waals surface area contributed by atoms with E-state index in [1.54, 1.807) is 6.92 Å². The number of hydrogen-bond donors (Lipinski definition) is 0. The Morgan fingerprint density at radius 2 is 1.46 bits per heavy atom. The summed E-state index contributed by atoms with van der Waals surface area (Å²) in [6, 6.07) is 2.93. The molecule has 0 aliphatic carbocycles. The third-order valence-corrected chi connectivity index (χ3v) is 4.77. The van der Waals surface area contributed by atoms with E-state index in [-0.39, 0.29) is 67.2 Å². The molecule has 0 amide bonds. The van der Waals surface area contributed by atoms with Gasteiger partial charge in [-0.05, 0) is 6.92 Å². The molecule has 0 atom stereocenters. The molecule has 12 heteroatoms. The van der Waals surface area contributed by atoms with Crippen molar-refractivity contribution in [2.24, 2.45) is 0 Å². The van der Waals surface area contributed by atoms with Crippen molar-refractivity contribution >= 4 is 23.6 Å². The van der Waals surface area contributed by atoms with Gasteiger partial charge in [0.05, 0.1) is 57.5 Å². The Kier molecular flexibility index (Phi) is 11.3. The van der Waals surface area contributed by atoms with Gasteiger partial charge in [-0.25, -0.2) is 14.4 Å². The molecule has 35 heavy (non-hydrogen) atoms. The summed E-state index contributed by atoms with van der Waals surface area (Å²) >= 11 is 0. The second kappa shape index (κ2) is 14.1. The van der Waals surface area contributed by atoms with Crippen molar-refractivity contribution in [3.8, 4) is 11.5 Å². The normalized spacial score (nSPS) is 13.3. The summed E-state index contributed by atoms with van der Waals surface area (Å²) in [6.45, 7) is 2.37. The fourth-order valence-electron chi connectivity index (χ4n) is 3.17. The Morgan fingerprint density at radius 3 is 2.00 bits per heavy atom. The van der Waals surface area contributed by atoms with E-state index in [1.807, 2.05) is 0 Å². The highest BCUT2D eigenvalue weighted by atomic mass is 16.6. The van der Waals surface area contributed by atoms with Crippen LogP contribution in [0.4, 0.5) is 5.69 Å². The summed E-state index contributed by atoms with van der Waals surface area (Å²) in [5.74, 6) is -1.76. The van der Waals surface area contributed by atoms with E-state index >= 15 is 0 Å². The first-order valence-corrected chi connectivity index (χ1v) is 10.8. The van der Waals surface area contributed by atoms with Gasteiger partial charge in [-0.15, -0.1) is 0 Å². The summed E-state index contributed by atoms with van der Waals surface area (Å²) in [6.07, 6.45) is 0. The van der Waals surface area contributed by atoms with Crippen LogP contribution >= 0.6 is 0 Å². The molecule has 0 spiro atoms. The molecule has 1 aromatic carbocycles. The first-order chi connectivity index (χ1) is 16.9. The molecule has 1 aromatic rings. The Bertz CT molecular complexity index is 928. The van der Waals surface area contributed by atoms with Gasteiger partial charge in [0.1, 0.15) is 25.6 Å². The number of methoxy groups -OCH3 is 4. The summed E-state index contributed by atoms with van der Waals surface area (Å²) < 4.78 is 42.1. The fraction of sp³-hybridized carbons (Fsp3) is 0.522. The molecule has 0 fully saturated rings. The van der Waals surface area contributed by atoms with Crippen LogP contribution in [-0.4, -0.2) is 92.7 Å². The number of benzene rings is 1. The number of carbonyl (C=O) groups is 3. The van der Waals surface area contributed by atoms with Crippen LogP contribution in [0.15, 0.2) is 23.4 Å². The molecule has 0 bridgehead atoms. The molecular weight excluding hydrogens is 466 g/mol. The van der Waals surface area contributed by atoms with Crippen molar-refractivity contribution in [3.05, 3.63) is 29.0 Å². The van der Waals surface area contributed by atoms with E-state index in [0.29, 0.717) is 13.2 Å². The maximum atomic E-state index is 12.9. The lowest BCUT2D eigenvalue weighted by atomic mass is 10.1. The van der Waals surface area contributed by atoms with Crippen LogP contribution in [0.3, 0.4) is 0 Å². The summed E-state index contributed by atoms with van der Waals surface area (Å²) in [7, 11) is 5.42. The van der Waals surface area contributed by atoms with E-state index in [4.69, 9.17) is 37.9 Å². The van der Waals surface area contributed by atoms with Crippen molar-refractivity contribution in [2.75, 3.05) is 79.7 Å². The zero-order chi connectivity index (χ0) is 25.8. The van der Waals surface area contributed by atoms with Gasteiger partial charge in [-0.3, -0.25) is 0 Å². The number of rotatable bonds is 13. The van der Waals surface area contributed by atoms with Gasteiger partial charge in [0, 0.05) is 26.4 Å². The average molecular weight is 497 g/mol. The maximum absolute atomic E-state index is 12.9.